The van der Waals surface area contributed by atoms with Crippen molar-refractivity contribution < 1.29 is 57.1 Å². The van der Waals surface area contributed by atoms with Crippen molar-refractivity contribution in [3.63, 3.8) is 0 Å². The molecule has 12 heteroatoms. The lowest BCUT2D eigenvalue weighted by atomic mass is 9.47. The summed E-state index contributed by atoms with van der Waals surface area (Å²) in [6.45, 7) is -0.0731. The van der Waals surface area contributed by atoms with Crippen LogP contribution in [-0.4, -0.2) is 84.1 Å². The third kappa shape index (κ3) is 5.66. The van der Waals surface area contributed by atoms with Gasteiger partial charge in [-0.15, -0.1) is 0 Å². The smallest absolute Gasteiger partial charge is 0.312 e. The average Bonchev–Trinajstić information content (AvgIpc) is 3.05. The zero-order chi connectivity index (χ0) is 36.9. The van der Waals surface area contributed by atoms with Crippen LogP contribution in [0.3, 0.4) is 0 Å². The number of carbonyl (C=O) groups excluding carboxylic acids is 3. The molecule has 1 aliphatic heterocycles. The van der Waals surface area contributed by atoms with E-state index in [4.69, 9.17) is 23.7 Å². The molecule has 294 valence electrons. The largest absolute Gasteiger partial charge is 0.464 e. The van der Waals surface area contributed by atoms with Gasteiger partial charge in [0.25, 0.3) is 5.92 Å². The Kier molecular flexibility index (Phi) is 7.62. The van der Waals surface area contributed by atoms with E-state index in [1.165, 1.54) is 0 Å². The van der Waals surface area contributed by atoms with E-state index >= 15 is 0 Å². The fraction of sp³-hybridized carbons (Fsp3) is 0.927. The van der Waals surface area contributed by atoms with E-state index in [0.717, 1.165) is 84.0 Å². The average molecular weight is 747 g/mol. The molecule has 6 unspecified atom stereocenters. The standard InChI is InChI=1S/C41H56F2O10/c1-34(42,43)19-49-31(44)36-6-24-4-29(15-36)41(30(5-24)16-36)52-22-35(23-53-41,20-50-32(45)37-7-25-2-26(8-37)12-39(47,11-25)17-37)21-51-33(46)38-9-27-3-28(10-38)14-40(48,13-27)18-38/h24-30,47-48H,2-23H2,1H3. The van der Waals surface area contributed by atoms with Crippen LogP contribution in [0.1, 0.15) is 116 Å². The lowest BCUT2D eigenvalue weighted by Crippen LogP contribution is -2.68. The van der Waals surface area contributed by atoms with Crippen molar-refractivity contribution in [2.45, 2.75) is 139 Å². The van der Waals surface area contributed by atoms with Crippen molar-refractivity contribution in [1.82, 2.24) is 0 Å². The van der Waals surface area contributed by atoms with Crippen molar-refractivity contribution >= 4 is 17.9 Å². The molecule has 1 saturated heterocycles. The summed E-state index contributed by atoms with van der Waals surface area (Å²) in [6, 6.07) is 0. The molecule has 0 radical (unpaired) electrons. The van der Waals surface area contributed by atoms with E-state index in [9.17, 15) is 33.4 Å². The summed E-state index contributed by atoms with van der Waals surface area (Å²) in [6.07, 6.45) is 11.9. The second-order valence-electron chi connectivity index (χ2n) is 21.2. The highest BCUT2D eigenvalue weighted by molar-refractivity contribution is 5.79. The number of ether oxygens (including phenoxy) is 5. The molecule has 12 aliphatic carbocycles. The van der Waals surface area contributed by atoms with Gasteiger partial charge in [-0.3, -0.25) is 14.4 Å². The Morgan fingerprint density at radius 3 is 1.43 bits per heavy atom. The molecule has 53 heavy (non-hydrogen) atoms. The van der Waals surface area contributed by atoms with Crippen LogP contribution in [0.4, 0.5) is 8.78 Å². The summed E-state index contributed by atoms with van der Waals surface area (Å²) >= 11 is 0. The van der Waals surface area contributed by atoms with Crippen LogP contribution in [0.25, 0.3) is 0 Å². The molecule has 1 spiro atoms. The van der Waals surface area contributed by atoms with Gasteiger partial charge in [-0.25, -0.2) is 8.78 Å². The van der Waals surface area contributed by atoms with Crippen LogP contribution in [-0.2, 0) is 38.1 Å². The van der Waals surface area contributed by atoms with Crippen molar-refractivity contribution in [2.24, 2.45) is 63.1 Å². The summed E-state index contributed by atoms with van der Waals surface area (Å²) < 4.78 is 58.6. The van der Waals surface area contributed by atoms with Crippen LogP contribution in [0.15, 0.2) is 0 Å². The summed E-state index contributed by atoms with van der Waals surface area (Å²) in [4.78, 5) is 41.5. The number of hydrogen-bond donors (Lipinski definition) is 2. The van der Waals surface area contributed by atoms with Crippen molar-refractivity contribution in [1.29, 1.82) is 0 Å². The maximum Gasteiger partial charge on any atom is 0.312 e. The van der Waals surface area contributed by atoms with Gasteiger partial charge in [-0.1, -0.05) is 0 Å². The second-order valence-corrected chi connectivity index (χ2v) is 21.2. The van der Waals surface area contributed by atoms with Crippen molar-refractivity contribution in [3.8, 4) is 0 Å². The van der Waals surface area contributed by atoms with Crippen LogP contribution < -0.4 is 0 Å². The van der Waals surface area contributed by atoms with Crippen LogP contribution >= 0.6 is 0 Å². The van der Waals surface area contributed by atoms with Gasteiger partial charge in [0, 0.05) is 18.8 Å². The molecule has 0 aromatic carbocycles. The molecule has 6 atom stereocenters. The molecule has 1 heterocycles. The molecule has 10 nitrogen and oxygen atoms in total. The SMILES string of the molecule is CC(F)(F)COC(=O)C12CC3CC(C1)C1(OCC(COC(=O)C45CC6CC(CC(O)(C6)C4)C5)(COC(=O)C45CC6CC(CC(O)(C6)C4)C5)CO1)C(C3)C2. The summed E-state index contributed by atoms with van der Waals surface area (Å²) in [7, 11) is 0. The Balaban J connectivity index is 0.871. The van der Waals surface area contributed by atoms with E-state index in [1.54, 1.807) is 0 Å². The highest BCUT2D eigenvalue weighted by Crippen LogP contribution is 2.67. The van der Waals surface area contributed by atoms with Crippen molar-refractivity contribution in [2.75, 3.05) is 33.0 Å². The number of esters is 3. The predicted molar refractivity (Wildman–Crippen MR) is 181 cm³/mol. The Bertz CT molecular complexity index is 1450. The minimum Gasteiger partial charge on any atom is -0.464 e. The molecule has 12 saturated carbocycles. The fourth-order valence-corrected chi connectivity index (χ4v) is 15.5. The first kappa shape index (κ1) is 35.5. The monoisotopic (exact) mass is 746 g/mol. The lowest BCUT2D eigenvalue weighted by molar-refractivity contribution is -0.391. The van der Waals surface area contributed by atoms with E-state index < -0.39 is 57.1 Å². The van der Waals surface area contributed by atoms with Crippen LogP contribution in [0, 0.1) is 63.1 Å². The van der Waals surface area contributed by atoms with Crippen LogP contribution in [0.2, 0.25) is 0 Å². The highest BCUT2D eigenvalue weighted by Gasteiger charge is 2.69. The zero-order valence-electron chi connectivity index (χ0n) is 31.0. The topological polar surface area (TPSA) is 138 Å². The first-order chi connectivity index (χ1) is 24.9. The van der Waals surface area contributed by atoms with E-state index in [-0.39, 0.29) is 56.1 Å². The highest BCUT2D eigenvalue weighted by atomic mass is 19.3. The molecule has 0 amide bonds. The van der Waals surface area contributed by atoms with E-state index in [2.05, 4.69) is 0 Å². The third-order valence-corrected chi connectivity index (χ3v) is 16.4. The maximum atomic E-state index is 14.1. The first-order valence-electron chi connectivity index (χ1n) is 20.6. The van der Waals surface area contributed by atoms with Gasteiger partial charge in [0.2, 0.25) is 0 Å². The Hall–Kier alpha value is -1.89. The van der Waals surface area contributed by atoms with Gasteiger partial charge in [0.15, 0.2) is 12.4 Å². The number of halogens is 2. The summed E-state index contributed by atoms with van der Waals surface area (Å²) in [5.74, 6) is -3.98. The lowest BCUT2D eigenvalue weighted by Gasteiger charge is -2.65. The molecule has 12 bridgehead atoms. The van der Waals surface area contributed by atoms with Gasteiger partial charge in [0.05, 0.1) is 46.1 Å². The quantitative estimate of drug-likeness (QED) is 0.230. The Labute approximate surface area is 309 Å². The normalized spacial score (nSPS) is 52.6. The predicted octanol–water partition coefficient (Wildman–Crippen LogP) is 5.49. The number of hydrogen-bond acceptors (Lipinski definition) is 10. The molecule has 13 aliphatic rings. The molecule has 13 rings (SSSR count). The van der Waals surface area contributed by atoms with Gasteiger partial charge >= 0.3 is 17.9 Å². The third-order valence-electron chi connectivity index (χ3n) is 16.4. The molecule has 2 N–H and O–H groups in total. The number of alkyl halides is 2. The molecule has 0 aromatic heterocycles. The molecule has 13 fully saturated rings. The second kappa shape index (κ2) is 11.4. The minimum absolute atomic E-state index is 0.0632. The number of carbonyl (C=O) groups is 3. The summed E-state index contributed by atoms with van der Waals surface area (Å²) in [5.41, 5.74) is -4.87. The van der Waals surface area contributed by atoms with Gasteiger partial charge < -0.3 is 33.9 Å². The zero-order valence-corrected chi connectivity index (χ0v) is 31.0. The van der Waals surface area contributed by atoms with Crippen molar-refractivity contribution in [3.05, 3.63) is 0 Å². The van der Waals surface area contributed by atoms with Crippen LogP contribution in [0.5, 0.6) is 0 Å². The molecule has 0 aromatic rings. The van der Waals surface area contributed by atoms with E-state index in [1.807, 2.05) is 0 Å². The first-order valence-corrected chi connectivity index (χ1v) is 20.6. The van der Waals surface area contributed by atoms with Gasteiger partial charge in [-0.2, -0.15) is 0 Å². The van der Waals surface area contributed by atoms with E-state index in [0.29, 0.717) is 55.8 Å². The van der Waals surface area contributed by atoms with Gasteiger partial charge in [0.1, 0.15) is 13.2 Å². The Morgan fingerprint density at radius 2 is 1.02 bits per heavy atom. The Morgan fingerprint density at radius 1 is 0.604 bits per heavy atom. The molecular formula is C41H56F2O10. The maximum absolute atomic E-state index is 14.1. The minimum atomic E-state index is -3.10. The molecular weight excluding hydrogens is 690 g/mol. The fourth-order valence-electron chi connectivity index (χ4n) is 15.5. The summed E-state index contributed by atoms with van der Waals surface area (Å²) in [5, 5.41) is 22.7. The number of aliphatic hydroxyl groups is 2. The number of rotatable bonds is 9. The van der Waals surface area contributed by atoms with Gasteiger partial charge in [-0.05, 0) is 139 Å².